The van der Waals surface area contributed by atoms with Crippen molar-refractivity contribution in [2.45, 2.75) is 32.6 Å². The van der Waals surface area contributed by atoms with Gasteiger partial charge in [0.2, 0.25) is 11.7 Å². The van der Waals surface area contributed by atoms with E-state index in [1.165, 1.54) is 5.56 Å². The highest BCUT2D eigenvalue weighted by atomic mass is 16.5. The molecule has 2 rings (SSSR count). The minimum Gasteiger partial charge on any atom is -0.481 e. The zero-order chi connectivity index (χ0) is 13.8. The second kappa shape index (κ2) is 5.65. The molecule has 1 aromatic heterocycles. The first kappa shape index (κ1) is 13.3. The highest BCUT2D eigenvalue weighted by Gasteiger charge is 2.11. The summed E-state index contributed by atoms with van der Waals surface area (Å²) in [6, 6.07) is 7.95. The van der Waals surface area contributed by atoms with Crippen LogP contribution in [0.4, 0.5) is 0 Å². The number of hydrogen-bond donors (Lipinski definition) is 1. The number of benzene rings is 1. The van der Waals surface area contributed by atoms with Gasteiger partial charge in [0.1, 0.15) is 0 Å². The van der Waals surface area contributed by atoms with Gasteiger partial charge in [0.05, 0.1) is 6.42 Å². The van der Waals surface area contributed by atoms with E-state index in [1.54, 1.807) is 0 Å². The first-order valence-electron chi connectivity index (χ1n) is 6.21. The van der Waals surface area contributed by atoms with Crippen molar-refractivity contribution in [3.8, 4) is 11.4 Å². The molecule has 19 heavy (non-hydrogen) atoms. The highest BCUT2D eigenvalue weighted by molar-refractivity contribution is 5.66. The highest BCUT2D eigenvalue weighted by Crippen LogP contribution is 2.22. The summed E-state index contributed by atoms with van der Waals surface area (Å²) < 4.78 is 5.05. The molecule has 1 N–H and O–H groups in total. The molecule has 0 aliphatic heterocycles. The number of aryl methyl sites for hydroxylation is 1. The average molecular weight is 260 g/mol. The largest absolute Gasteiger partial charge is 0.481 e. The molecular formula is C14H16N2O3. The third-order valence-corrected chi connectivity index (χ3v) is 2.83. The number of aromatic nitrogens is 2. The van der Waals surface area contributed by atoms with E-state index in [1.807, 2.05) is 18.2 Å². The van der Waals surface area contributed by atoms with Crippen LogP contribution in [0.5, 0.6) is 0 Å². The van der Waals surface area contributed by atoms with Crippen molar-refractivity contribution in [3.05, 3.63) is 35.7 Å². The lowest BCUT2D eigenvalue weighted by Gasteiger charge is -2.05. The minimum atomic E-state index is -0.874. The van der Waals surface area contributed by atoms with Crippen LogP contribution in [0.1, 0.15) is 37.6 Å². The maximum Gasteiger partial charge on any atom is 0.303 e. The number of aliphatic carboxylic acids is 1. The number of carboxylic acids is 1. The quantitative estimate of drug-likeness (QED) is 0.894. The van der Waals surface area contributed by atoms with Crippen LogP contribution >= 0.6 is 0 Å². The van der Waals surface area contributed by atoms with Gasteiger partial charge in [-0.25, -0.2) is 0 Å². The summed E-state index contributed by atoms with van der Waals surface area (Å²) in [4.78, 5) is 14.7. The Kier molecular flexibility index (Phi) is 3.94. The lowest BCUT2D eigenvalue weighted by molar-refractivity contribution is -0.137. The van der Waals surface area contributed by atoms with Gasteiger partial charge in [-0.1, -0.05) is 37.2 Å². The number of rotatable bonds is 5. The zero-order valence-corrected chi connectivity index (χ0v) is 11.0. The smallest absolute Gasteiger partial charge is 0.303 e. The third-order valence-electron chi connectivity index (χ3n) is 2.83. The van der Waals surface area contributed by atoms with Gasteiger partial charge >= 0.3 is 5.97 Å². The average Bonchev–Trinajstić information content (AvgIpc) is 2.85. The summed E-state index contributed by atoms with van der Waals surface area (Å²) >= 11 is 0. The molecule has 0 bridgehead atoms. The van der Waals surface area contributed by atoms with Crippen molar-refractivity contribution in [3.63, 3.8) is 0 Å². The molecule has 0 fully saturated rings. The molecule has 0 saturated carbocycles. The number of carboxylic acid groups (broad SMARTS) is 1. The van der Waals surface area contributed by atoms with E-state index in [4.69, 9.17) is 9.63 Å². The number of carbonyl (C=O) groups is 1. The van der Waals surface area contributed by atoms with Gasteiger partial charge < -0.3 is 9.63 Å². The second-order valence-electron chi connectivity index (χ2n) is 4.69. The Morgan fingerprint density at radius 3 is 2.89 bits per heavy atom. The Balaban J connectivity index is 2.18. The molecule has 0 amide bonds. The predicted molar refractivity (Wildman–Crippen MR) is 69.8 cm³/mol. The molecule has 0 aliphatic rings. The van der Waals surface area contributed by atoms with Crippen LogP contribution in [-0.4, -0.2) is 21.2 Å². The fourth-order valence-corrected chi connectivity index (χ4v) is 1.72. The third kappa shape index (κ3) is 3.40. The Bertz CT molecular complexity index is 576. The van der Waals surface area contributed by atoms with Gasteiger partial charge in [0.15, 0.2) is 0 Å². The second-order valence-corrected chi connectivity index (χ2v) is 4.69. The number of nitrogens with zero attached hydrogens (tertiary/aromatic N) is 2. The van der Waals surface area contributed by atoms with Crippen molar-refractivity contribution in [1.82, 2.24) is 10.1 Å². The van der Waals surface area contributed by atoms with Crippen molar-refractivity contribution in [1.29, 1.82) is 0 Å². The standard InChI is InChI=1S/C14H16N2O3/c1-9(2)10-4-3-5-11(8-10)14-15-12(19-16-14)6-7-13(17)18/h3-5,8-9H,6-7H2,1-2H3,(H,17,18). The maximum atomic E-state index is 10.5. The van der Waals surface area contributed by atoms with E-state index in [-0.39, 0.29) is 12.8 Å². The van der Waals surface area contributed by atoms with Gasteiger partial charge in [-0.2, -0.15) is 4.98 Å². The summed E-state index contributed by atoms with van der Waals surface area (Å²) in [6.07, 6.45) is 0.250. The van der Waals surface area contributed by atoms with Crippen LogP contribution < -0.4 is 0 Å². The summed E-state index contributed by atoms with van der Waals surface area (Å²) in [7, 11) is 0. The summed E-state index contributed by atoms with van der Waals surface area (Å²) in [5.41, 5.74) is 2.09. The SMILES string of the molecule is CC(C)c1cccc(-c2noc(CCC(=O)O)n2)c1. The summed E-state index contributed by atoms with van der Waals surface area (Å²) in [6.45, 7) is 4.24. The van der Waals surface area contributed by atoms with Crippen LogP contribution in [0.25, 0.3) is 11.4 Å². The lowest BCUT2D eigenvalue weighted by atomic mass is 10.0. The molecule has 0 atom stereocenters. The maximum absolute atomic E-state index is 10.5. The first-order valence-corrected chi connectivity index (χ1v) is 6.21. The van der Waals surface area contributed by atoms with Crippen molar-refractivity contribution in [2.75, 3.05) is 0 Å². The molecule has 1 aromatic carbocycles. The van der Waals surface area contributed by atoms with Gasteiger partial charge in [0, 0.05) is 12.0 Å². The molecule has 5 nitrogen and oxygen atoms in total. The Hall–Kier alpha value is -2.17. The molecule has 0 saturated heterocycles. The van der Waals surface area contributed by atoms with Crippen molar-refractivity contribution < 1.29 is 14.4 Å². The van der Waals surface area contributed by atoms with Gasteiger partial charge in [-0.3, -0.25) is 4.79 Å². The van der Waals surface area contributed by atoms with E-state index >= 15 is 0 Å². The Labute approximate surface area is 111 Å². The molecule has 0 radical (unpaired) electrons. The summed E-state index contributed by atoms with van der Waals surface area (Å²) in [5, 5.41) is 12.5. The molecule has 100 valence electrons. The van der Waals surface area contributed by atoms with Crippen LogP contribution in [0.2, 0.25) is 0 Å². The molecule has 0 aliphatic carbocycles. The van der Waals surface area contributed by atoms with Crippen LogP contribution in [0.3, 0.4) is 0 Å². The van der Waals surface area contributed by atoms with E-state index in [2.05, 4.69) is 30.1 Å². The van der Waals surface area contributed by atoms with E-state index in [0.717, 1.165) is 5.56 Å². The van der Waals surface area contributed by atoms with Crippen LogP contribution in [0.15, 0.2) is 28.8 Å². The normalized spacial score (nSPS) is 10.9. The molecule has 2 aromatic rings. The van der Waals surface area contributed by atoms with Gasteiger partial charge in [-0.15, -0.1) is 0 Å². The van der Waals surface area contributed by atoms with Crippen LogP contribution in [0, 0.1) is 0 Å². The van der Waals surface area contributed by atoms with Gasteiger partial charge in [0.25, 0.3) is 0 Å². The van der Waals surface area contributed by atoms with E-state index in [0.29, 0.717) is 17.6 Å². The van der Waals surface area contributed by atoms with E-state index < -0.39 is 5.97 Å². The van der Waals surface area contributed by atoms with Gasteiger partial charge in [-0.05, 0) is 17.5 Å². The Morgan fingerprint density at radius 1 is 1.42 bits per heavy atom. The monoisotopic (exact) mass is 260 g/mol. The van der Waals surface area contributed by atoms with Crippen LogP contribution in [-0.2, 0) is 11.2 Å². The number of hydrogen-bond acceptors (Lipinski definition) is 4. The molecule has 5 heteroatoms. The first-order chi connectivity index (χ1) is 9.06. The Morgan fingerprint density at radius 2 is 2.21 bits per heavy atom. The molecule has 0 spiro atoms. The fraction of sp³-hybridized carbons (Fsp3) is 0.357. The van der Waals surface area contributed by atoms with E-state index in [9.17, 15) is 4.79 Å². The lowest BCUT2D eigenvalue weighted by Crippen LogP contribution is -1.97. The topological polar surface area (TPSA) is 76.2 Å². The predicted octanol–water partition coefficient (Wildman–Crippen LogP) is 2.88. The van der Waals surface area contributed by atoms with Crippen molar-refractivity contribution >= 4 is 5.97 Å². The van der Waals surface area contributed by atoms with Crippen molar-refractivity contribution in [2.24, 2.45) is 0 Å². The molecular weight excluding hydrogens is 244 g/mol. The zero-order valence-electron chi connectivity index (χ0n) is 11.0. The molecule has 0 unspecified atom stereocenters. The summed E-state index contributed by atoms with van der Waals surface area (Å²) in [5.74, 6) is 0.412. The molecule has 1 heterocycles. The minimum absolute atomic E-state index is 0.00628. The fourth-order valence-electron chi connectivity index (χ4n) is 1.72.